The normalized spacial score (nSPS) is 11.7. The van der Waals surface area contributed by atoms with E-state index in [1.165, 1.54) is 13.2 Å². The van der Waals surface area contributed by atoms with Gasteiger partial charge in [0.05, 0.1) is 13.7 Å². The molecule has 2 N–H and O–H groups in total. The molecule has 0 saturated carbocycles. The van der Waals surface area contributed by atoms with Gasteiger partial charge in [-0.2, -0.15) is 0 Å². The molecule has 1 heterocycles. The number of ether oxygens (including phenoxy) is 1. The summed E-state index contributed by atoms with van der Waals surface area (Å²) in [6.07, 6.45) is 0.441. The monoisotopic (exact) mass is 373 g/mol. The van der Waals surface area contributed by atoms with Crippen molar-refractivity contribution < 1.29 is 23.6 Å². The van der Waals surface area contributed by atoms with Crippen LogP contribution in [0.15, 0.2) is 40.9 Å². The summed E-state index contributed by atoms with van der Waals surface area (Å²) in [6, 6.07) is 9.96. The molecular formula is C19H23N3O5. The fraction of sp³-hybridized carbons (Fsp3) is 0.368. The van der Waals surface area contributed by atoms with Gasteiger partial charge in [0.25, 0.3) is 5.91 Å². The molecule has 0 aliphatic heterocycles. The molecule has 1 aromatic heterocycles. The van der Waals surface area contributed by atoms with Crippen LogP contribution in [0, 0.1) is 5.92 Å². The molecule has 144 valence electrons. The maximum atomic E-state index is 12.1. The first-order valence-electron chi connectivity index (χ1n) is 8.58. The second kappa shape index (κ2) is 9.51. The number of carbonyl (C=O) groups is 3. The number of amides is 2. The number of nitrogens with zero attached hydrogens (tertiary/aromatic N) is 1. The summed E-state index contributed by atoms with van der Waals surface area (Å²) in [4.78, 5) is 35.9. The van der Waals surface area contributed by atoms with Gasteiger partial charge in [-0.1, -0.05) is 49.3 Å². The van der Waals surface area contributed by atoms with Gasteiger partial charge in [-0.15, -0.1) is 0 Å². The van der Waals surface area contributed by atoms with E-state index in [2.05, 4.69) is 15.8 Å². The maximum Gasteiger partial charge on any atom is 0.328 e. The fourth-order valence-electron chi connectivity index (χ4n) is 2.44. The minimum atomic E-state index is -0.754. The van der Waals surface area contributed by atoms with E-state index in [9.17, 15) is 14.4 Å². The number of benzene rings is 1. The van der Waals surface area contributed by atoms with Crippen LogP contribution in [0.1, 0.15) is 30.8 Å². The van der Waals surface area contributed by atoms with Crippen LogP contribution < -0.4 is 10.6 Å². The number of nitrogens with one attached hydrogen (secondary N) is 2. The van der Waals surface area contributed by atoms with Crippen LogP contribution >= 0.6 is 0 Å². The van der Waals surface area contributed by atoms with Crippen molar-refractivity contribution in [2.45, 2.75) is 26.3 Å². The second-order valence-corrected chi connectivity index (χ2v) is 6.40. The van der Waals surface area contributed by atoms with Crippen LogP contribution in [0.4, 0.5) is 0 Å². The number of methoxy groups -OCH3 is 1. The Morgan fingerprint density at radius 3 is 2.52 bits per heavy atom. The molecular weight excluding hydrogens is 350 g/mol. The molecule has 0 radical (unpaired) electrons. The Hall–Kier alpha value is -3.16. The van der Waals surface area contributed by atoms with E-state index >= 15 is 0 Å². The number of esters is 1. The summed E-state index contributed by atoms with van der Waals surface area (Å²) in [7, 11) is 1.26. The molecule has 8 heteroatoms. The summed E-state index contributed by atoms with van der Waals surface area (Å²) in [6.45, 7) is 3.56. The van der Waals surface area contributed by atoms with Crippen molar-refractivity contribution in [3.05, 3.63) is 42.1 Å². The summed E-state index contributed by atoms with van der Waals surface area (Å²) in [5.41, 5.74) is 0.852. The van der Waals surface area contributed by atoms with E-state index < -0.39 is 23.8 Å². The van der Waals surface area contributed by atoms with Gasteiger partial charge >= 0.3 is 5.97 Å². The molecule has 2 rings (SSSR count). The zero-order valence-electron chi connectivity index (χ0n) is 15.5. The lowest BCUT2D eigenvalue weighted by molar-refractivity contribution is -0.145. The highest BCUT2D eigenvalue weighted by Crippen LogP contribution is 2.19. The summed E-state index contributed by atoms with van der Waals surface area (Å²) in [5.74, 6) is -0.920. The Bertz CT molecular complexity index is 786. The Labute approximate surface area is 157 Å². The first-order valence-corrected chi connectivity index (χ1v) is 8.58. The van der Waals surface area contributed by atoms with Crippen molar-refractivity contribution >= 4 is 17.8 Å². The molecule has 2 amide bonds. The molecule has 0 aliphatic carbocycles. The average Bonchev–Trinajstić information content (AvgIpc) is 3.15. The van der Waals surface area contributed by atoms with Gasteiger partial charge in [0, 0.05) is 11.6 Å². The van der Waals surface area contributed by atoms with Crippen LogP contribution in [0.3, 0.4) is 0 Å². The second-order valence-electron chi connectivity index (χ2n) is 6.40. The third kappa shape index (κ3) is 5.95. The molecule has 1 atom stereocenters. The lowest BCUT2D eigenvalue weighted by atomic mass is 10.0. The topological polar surface area (TPSA) is 111 Å². The van der Waals surface area contributed by atoms with E-state index in [0.717, 1.165) is 5.56 Å². The predicted molar refractivity (Wildman–Crippen MR) is 97.7 cm³/mol. The third-order valence-electron chi connectivity index (χ3n) is 3.74. The lowest BCUT2D eigenvalue weighted by Gasteiger charge is -2.18. The van der Waals surface area contributed by atoms with Gasteiger partial charge in [-0.05, 0) is 12.3 Å². The minimum absolute atomic E-state index is 0.0633. The van der Waals surface area contributed by atoms with Crippen molar-refractivity contribution in [3.8, 4) is 11.3 Å². The summed E-state index contributed by atoms with van der Waals surface area (Å²) >= 11 is 0. The molecule has 2 aromatic rings. The number of rotatable bonds is 8. The SMILES string of the molecule is COC(=O)C(CC(C)C)NC(=O)CNC(=O)c1cc(-c2ccccc2)on1. The number of aromatic nitrogens is 1. The Balaban J connectivity index is 1.90. The predicted octanol–water partition coefficient (Wildman–Crippen LogP) is 1.78. The molecule has 1 aromatic carbocycles. The van der Waals surface area contributed by atoms with Crippen LogP contribution in [-0.4, -0.2) is 42.6 Å². The molecule has 0 aliphatic rings. The maximum absolute atomic E-state index is 12.1. The zero-order chi connectivity index (χ0) is 19.8. The van der Waals surface area contributed by atoms with Crippen LogP contribution in [0.25, 0.3) is 11.3 Å². The Morgan fingerprint density at radius 2 is 1.89 bits per heavy atom. The smallest absolute Gasteiger partial charge is 0.328 e. The zero-order valence-corrected chi connectivity index (χ0v) is 15.5. The molecule has 0 spiro atoms. The van der Waals surface area contributed by atoms with Crippen molar-refractivity contribution in [1.29, 1.82) is 0 Å². The lowest BCUT2D eigenvalue weighted by Crippen LogP contribution is -2.46. The minimum Gasteiger partial charge on any atom is -0.467 e. The van der Waals surface area contributed by atoms with Gasteiger partial charge in [0.2, 0.25) is 5.91 Å². The van der Waals surface area contributed by atoms with E-state index in [-0.39, 0.29) is 18.2 Å². The highest BCUT2D eigenvalue weighted by atomic mass is 16.5. The van der Waals surface area contributed by atoms with Crippen LogP contribution in [0.5, 0.6) is 0 Å². The van der Waals surface area contributed by atoms with Crippen LogP contribution in [-0.2, 0) is 14.3 Å². The van der Waals surface area contributed by atoms with E-state index in [1.54, 1.807) is 0 Å². The van der Waals surface area contributed by atoms with Gasteiger partial charge in [-0.3, -0.25) is 9.59 Å². The molecule has 1 unspecified atom stereocenters. The van der Waals surface area contributed by atoms with Gasteiger partial charge in [-0.25, -0.2) is 4.79 Å². The summed E-state index contributed by atoms with van der Waals surface area (Å²) in [5, 5.41) is 8.74. The van der Waals surface area contributed by atoms with E-state index in [0.29, 0.717) is 12.2 Å². The molecule has 0 bridgehead atoms. The fourth-order valence-corrected chi connectivity index (χ4v) is 2.44. The number of hydrogen-bond donors (Lipinski definition) is 2. The first-order chi connectivity index (χ1) is 12.9. The van der Waals surface area contributed by atoms with Gasteiger partial charge in [0.1, 0.15) is 6.04 Å². The van der Waals surface area contributed by atoms with Crippen molar-refractivity contribution in [1.82, 2.24) is 15.8 Å². The van der Waals surface area contributed by atoms with Crippen LogP contribution in [0.2, 0.25) is 0 Å². The van der Waals surface area contributed by atoms with Gasteiger partial charge in [0.15, 0.2) is 11.5 Å². The quantitative estimate of drug-likeness (QED) is 0.683. The van der Waals surface area contributed by atoms with E-state index in [1.807, 2.05) is 44.2 Å². The van der Waals surface area contributed by atoms with Crippen molar-refractivity contribution in [2.24, 2.45) is 5.92 Å². The average molecular weight is 373 g/mol. The third-order valence-corrected chi connectivity index (χ3v) is 3.74. The van der Waals surface area contributed by atoms with Gasteiger partial charge < -0.3 is 19.9 Å². The largest absolute Gasteiger partial charge is 0.467 e. The highest BCUT2D eigenvalue weighted by Gasteiger charge is 2.23. The molecule has 27 heavy (non-hydrogen) atoms. The molecule has 0 saturated heterocycles. The number of carbonyl (C=O) groups excluding carboxylic acids is 3. The van der Waals surface area contributed by atoms with E-state index in [4.69, 9.17) is 9.26 Å². The molecule has 8 nitrogen and oxygen atoms in total. The Morgan fingerprint density at radius 1 is 1.19 bits per heavy atom. The Kier molecular flexibility index (Phi) is 7.10. The number of hydrogen-bond acceptors (Lipinski definition) is 6. The van der Waals surface area contributed by atoms with Crippen molar-refractivity contribution in [3.63, 3.8) is 0 Å². The highest BCUT2D eigenvalue weighted by molar-refractivity contribution is 5.96. The standard InChI is InChI=1S/C19H23N3O5/c1-12(2)9-15(19(25)26-3)21-17(23)11-20-18(24)14-10-16(27-22-14)13-7-5-4-6-8-13/h4-8,10,12,15H,9,11H2,1-3H3,(H,20,24)(H,21,23). The summed E-state index contributed by atoms with van der Waals surface area (Å²) < 4.78 is 9.85. The first kappa shape index (κ1) is 20.2. The molecule has 0 fully saturated rings. The van der Waals surface area contributed by atoms with Crippen molar-refractivity contribution in [2.75, 3.05) is 13.7 Å².